The monoisotopic (exact) mass is 450 g/mol. The minimum Gasteiger partial charge on any atom is -0.465 e. The van der Waals surface area contributed by atoms with Crippen LogP contribution in [-0.4, -0.2) is 50.3 Å². The zero-order valence-corrected chi connectivity index (χ0v) is 19.2. The lowest BCUT2D eigenvalue weighted by Crippen LogP contribution is -2.22. The van der Waals surface area contributed by atoms with Crippen LogP contribution in [0.3, 0.4) is 0 Å². The zero-order chi connectivity index (χ0) is 22.9. The first-order chi connectivity index (χ1) is 16.2. The van der Waals surface area contributed by atoms with Gasteiger partial charge in [-0.25, -0.2) is 9.78 Å². The number of nitrogens with one attached hydrogen (secondary N) is 2. The Labute approximate surface area is 195 Å². The Bertz CT molecular complexity index is 1040. The molecule has 2 fully saturated rings. The maximum Gasteiger partial charge on any atom is 0.404 e. The molecule has 1 amide bonds. The number of fused-ring (bicyclic) bond motifs is 1. The van der Waals surface area contributed by atoms with E-state index in [1.54, 1.807) is 0 Å². The quantitative estimate of drug-likeness (QED) is 0.419. The number of hydrogen-bond acceptors (Lipinski definition) is 5. The second-order valence-electron chi connectivity index (χ2n) is 8.79. The van der Waals surface area contributed by atoms with Crippen molar-refractivity contribution in [3.8, 4) is 0 Å². The smallest absolute Gasteiger partial charge is 0.404 e. The van der Waals surface area contributed by atoms with Gasteiger partial charge in [-0.05, 0) is 56.1 Å². The maximum atomic E-state index is 10.6. The van der Waals surface area contributed by atoms with Crippen LogP contribution in [0.25, 0.3) is 11.0 Å². The van der Waals surface area contributed by atoms with Gasteiger partial charge in [-0.1, -0.05) is 37.8 Å². The van der Waals surface area contributed by atoms with Gasteiger partial charge in [-0.2, -0.15) is 4.98 Å². The van der Waals surface area contributed by atoms with Gasteiger partial charge in [0.25, 0.3) is 0 Å². The van der Waals surface area contributed by atoms with Gasteiger partial charge < -0.3 is 20.3 Å². The molecule has 1 saturated heterocycles. The first-order valence-electron chi connectivity index (χ1n) is 12.0. The molecule has 0 spiro atoms. The van der Waals surface area contributed by atoms with Crippen LogP contribution in [0.15, 0.2) is 42.7 Å². The zero-order valence-electron chi connectivity index (χ0n) is 19.2. The summed E-state index contributed by atoms with van der Waals surface area (Å²) in [5.41, 5.74) is 3.10. The average Bonchev–Trinajstić information content (AvgIpc) is 3.40. The summed E-state index contributed by atoms with van der Waals surface area (Å²) in [6, 6.07) is 10.4. The number of carbonyl (C=O) groups is 1. The van der Waals surface area contributed by atoms with Crippen molar-refractivity contribution in [1.29, 1.82) is 0 Å². The number of anilines is 2. The molecule has 0 radical (unpaired) electrons. The highest BCUT2D eigenvalue weighted by Gasteiger charge is 2.12. The Morgan fingerprint density at radius 1 is 1.06 bits per heavy atom. The predicted octanol–water partition coefficient (Wildman–Crippen LogP) is 4.99. The van der Waals surface area contributed by atoms with Crippen molar-refractivity contribution in [3.05, 3.63) is 48.3 Å². The number of nitrogens with zero attached hydrogens (tertiary/aromatic N) is 4. The summed E-state index contributed by atoms with van der Waals surface area (Å²) in [7, 11) is 0. The van der Waals surface area contributed by atoms with Crippen molar-refractivity contribution >= 4 is 28.8 Å². The van der Waals surface area contributed by atoms with Gasteiger partial charge >= 0.3 is 6.09 Å². The molecule has 3 heterocycles. The van der Waals surface area contributed by atoms with Gasteiger partial charge in [-0.3, -0.25) is 4.90 Å². The molecule has 1 aromatic carbocycles. The van der Waals surface area contributed by atoms with E-state index in [0.29, 0.717) is 25.5 Å². The van der Waals surface area contributed by atoms with E-state index in [0.717, 1.165) is 23.3 Å². The summed E-state index contributed by atoms with van der Waals surface area (Å²) < 4.78 is 2.02. The number of likely N-dealkylation sites (tertiary alicyclic amines) is 1. The fraction of sp³-hybridized carbons (Fsp3) is 0.480. The van der Waals surface area contributed by atoms with E-state index in [2.05, 4.69) is 43.7 Å². The van der Waals surface area contributed by atoms with Gasteiger partial charge in [0.1, 0.15) is 5.65 Å². The highest BCUT2D eigenvalue weighted by Crippen LogP contribution is 2.20. The molecule has 1 saturated carbocycles. The molecule has 3 N–H and O–H groups in total. The van der Waals surface area contributed by atoms with Crippen LogP contribution in [0.2, 0.25) is 0 Å². The van der Waals surface area contributed by atoms with E-state index in [-0.39, 0.29) is 0 Å². The Hall–Kier alpha value is -3.13. The summed E-state index contributed by atoms with van der Waals surface area (Å²) in [5, 5.41) is 15.3. The van der Waals surface area contributed by atoms with E-state index in [4.69, 9.17) is 5.11 Å². The topological polar surface area (TPSA) is 95.3 Å². The molecule has 5 rings (SSSR count). The molecule has 1 aliphatic heterocycles. The normalized spacial score (nSPS) is 15.5. The SMILES string of the molecule is C1CCC1.O=C(O)NCCCn1ccc2cnc(Nc3cccc(CN4CCCC4)c3)nc21. The van der Waals surface area contributed by atoms with Gasteiger partial charge in [0, 0.05) is 43.1 Å². The van der Waals surface area contributed by atoms with Crippen LogP contribution >= 0.6 is 0 Å². The summed E-state index contributed by atoms with van der Waals surface area (Å²) in [6.45, 7) is 4.43. The van der Waals surface area contributed by atoms with Crippen LogP contribution in [0.5, 0.6) is 0 Å². The molecule has 2 aromatic heterocycles. The molecule has 0 atom stereocenters. The minimum atomic E-state index is -0.997. The van der Waals surface area contributed by atoms with Crippen molar-refractivity contribution < 1.29 is 9.90 Å². The number of amides is 1. The van der Waals surface area contributed by atoms with Gasteiger partial charge in [-0.15, -0.1) is 0 Å². The summed E-state index contributed by atoms with van der Waals surface area (Å²) in [5.74, 6) is 0.555. The molecular weight excluding hydrogens is 416 g/mol. The average molecular weight is 451 g/mol. The Balaban J connectivity index is 0.000000586. The number of hydrogen-bond donors (Lipinski definition) is 3. The lowest BCUT2D eigenvalue weighted by molar-refractivity contribution is 0.194. The van der Waals surface area contributed by atoms with E-state index < -0.39 is 6.09 Å². The molecule has 0 bridgehead atoms. The molecular formula is C25H34N6O2. The second-order valence-corrected chi connectivity index (χ2v) is 8.79. The number of aryl methyl sites for hydroxylation is 1. The van der Waals surface area contributed by atoms with E-state index >= 15 is 0 Å². The van der Waals surface area contributed by atoms with Gasteiger partial charge in [0.2, 0.25) is 5.95 Å². The molecule has 3 aromatic rings. The highest BCUT2D eigenvalue weighted by molar-refractivity contribution is 5.76. The first-order valence-corrected chi connectivity index (χ1v) is 12.0. The lowest BCUT2D eigenvalue weighted by atomic mass is 10.0. The largest absolute Gasteiger partial charge is 0.465 e. The Morgan fingerprint density at radius 2 is 1.85 bits per heavy atom. The lowest BCUT2D eigenvalue weighted by Gasteiger charge is -2.15. The van der Waals surface area contributed by atoms with Crippen LogP contribution in [0.4, 0.5) is 16.4 Å². The van der Waals surface area contributed by atoms with Crippen molar-refractivity contribution in [3.63, 3.8) is 0 Å². The summed E-state index contributed by atoms with van der Waals surface area (Å²) >= 11 is 0. The highest BCUT2D eigenvalue weighted by atomic mass is 16.4. The number of aromatic nitrogens is 3. The van der Waals surface area contributed by atoms with Gasteiger partial charge in [0.15, 0.2) is 0 Å². The van der Waals surface area contributed by atoms with Crippen LogP contribution < -0.4 is 10.6 Å². The van der Waals surface area contributed by atoms with E-state index in [1.165, 1.54) is 57.2 Å². The van der Waals surface area contributed by atoms with Crippen molar-refractivity contribution in [2.75, 3.05) is 25.0 Å². The molecule has 0 unspecified atom stereocenters. The summed E-state index contributed by atoms with van der Waals surface area (Å²) in [6.07, 6.45) is 12.0. The van der Waals surface area contributed by atoms with Crippen molar-refractivity contribution in [2.24, 2.45) is 0 Å². The standard InChI is InChI=1S/C21H26N6O2.C4H8/c28-21(29)22-8-4-11-27-12-7-17-14-23-20(25-19(17)27)24-18-6-3-5-16(13-18)15-26-9-1-2-10-26;1-2-4-3-1/h3,5-7,12-14,22H,1-2,4,8-11,15H2,(H,28,29)(H,23,24,25);1-4H2. The third-order valence-electron chi connectivity index (χ3n) is 6.14. The molecule has 33 heavy (non-hydrogen) atoms. The predicted molar refractivity (Wildman–Crippen MR) is 131 cm³/mol. The number of carboxylic acid groups (broad SMARTS) is 1. The molecule has 1 aliphatic carbocycles. The van der Waals surface area contributed by atoms with Crippen LogP contribution in [0, 0.1) is 0 Å². The van der Waals surface area contributed by atoms with Crippen LogP contribution in [0.1, 0.15) is 50.5 Å². The van der Waals surface area contributed by atoms with E-state index in [1.807, 2.05) is 29.1 Å². The molecule has 176 valence electrons. The molecule has 8 heteroatoms. The first kappa shape index (κ1) is 23.0. The van der Waals surface area contributed by atoms with Gasteiger partial charge in [0.05, 0.1) is 0 Å². The fourth-order valence-corrected chi connectivity index (χ4v) is 3.98. The maximum absolute atomic E-state index is 10.6. The molecule has 2 aliphatic rings. The number of benzene rings is 1. The summed E-state index contributed by atoms with van der Waals surface area (Å²) in [4.78, 5) is 22.1. The number of rotatable bonds is 8. The minimum absolute atomic E-state index is 0.412. The third kappa shape index (κ3) is 6.92. The van der Waals surface area contributed by atoms with Crippen molar-refractivity contribution in [2.45, 2.75) is 58.0 Å². The Morgan fingerprint density at radius 3 is 2.58 bits per heavy atom. The van der Waals surface area contributed by atoms with Crippen molar-refractivity contribution in [1.82, 2.24) is 24.8 Å². The second kappa shape index (κ2) is 11.7. The van der Waals surface area contributed by atoms with Crippen LogP contribution in [-0.2, 0) is 13.1 Å². The molecule has 8 nitrogen and oxygen atoms in total. The van der Waals surface area contributed by atoms with E-state index in [9.17, 15) is 4.79 Å². The third-order valence-corrected chi connectivity index (χ3v) is 6.14. The Kier molecular flexibility index (Phi) is 8.14. The fourth-order valence-electron chi connectivity index (χ4n) is 3.98.